The molecule has 11 heteroatoms. The van der Waals surface area contributed by atoms with Crippen LogP contribution in [0.25, 0.3) is 22.4 Å². The van der Waals surface area contributed by atoms with E-state index in [0.717, 1.165) is 32.8 Å². The minimum Gasteiger partial charge on any atom is -0.394 e. The van der Waals surface area contributed by atoms with Gasteiger partial charge in [-0.1, -0.05) is 24.0 Å². The number of nitrogens with one attached hydrogen (secondary N) is 2. The van der Waals surface area contributed by atoms with E-state index in [-0.39, 0.29) is 18.6 Å². The van der Waals surface area contributed by atoms with Crippen LogP contribution in [-0.4, -0.2) is 53.6 Å². The van der Waals surface area contributed by atoms with E-state index in [2.05, 4.69) is 21.8 Å². The van der Waals surface area contributed by atoms with Crippen LogP contribution in [0.4, 0.5) is 0 Å². The van der Waals surface area contributed by atoms with Gasteiger partial charge in [-0.25, -0.2) is 9.78 Å². The van der Waals surface area contributed by atoms with Crippen molar-refractivity contribution in [3.05, 3.63) is 85.7 Å². The summed E-state index contributed by atoms with van der Waals surface area (Å²) in [6, 6.07) is 11.4. The van der Waals surface area contributed by atoms with Gasteiger partial charge in [0.15, 0.2) is 0 Å². The monoisotopic (exact) mass is 556 g/mol. The van der Waals surface area contributed by atoms with E-state index in [0.29, 0.717) is 11.4 Å². The maximum absolute atomic E-state index is 12.9. The molecule has 2 aromatic heterocycles. The molecule has 2 aliphatic heterocycles. The maximum Gasteiger partial charge on any atom is 0.330 e. The summed E-state index contributed by atoms with van der Waals surface area (Å²) in [5, 5.41) is 33.4. The number of hydroxylamine groups is 2. The molecule has 211 valence electrons. The summed E-state index contributed by atoms with van der Waals surface area (Å²) in [5.74, 6) is 6.43. The van der Waals surface area contributed by atoms with Crippen molar-refractivity contribution in [2.45, 2.75) is 63.6 Å². The van der Waals surface area contributed by atoms with Crippen LogP contribution in [0.3, 0.4) is 0 Å². The molecule has 1 fully saturated rings. The van der Waals surface area contributed by atoms with Gasteiger partial charge in [-0.15, -0.1) is 10.3 Å². The maximum atomic E-state index is 12.9. The van der Waals surface area contributed by atoms with Crippen LogP contribution >= 0.6 is 0 Å². The zero-order valence-electron chi connectivity index (χ0n) is 23.1. The lowest BCUT2D eigenvalue weighted by Crippen LogP contribution is -2.41. The minimum atomic E-state index is -0.925. The number of hydrogen-bond acceptors (Lipinski definition) is 7. The summed E-state index contributed by atoms with van der Waals surface area (Å²) in [6.45, 7) is 7.32. The number of hydrogen-bond donors (Lipinski definition) is 4. The molecule has 0 spiro atoms. The zero-order valence-corrected chi connectivity index (χ0v) is 23.1. The molecule has 6 rings (SSSR count). The van der Waals surface area contributed by atoms with Gasteiger partial charge in [0.25, 0.3) is 5.56 Å². The van der Waals surface area contributed by atoms with Crippen LogP contribution in [0.5, 0.6) is 0 Å². The van der Waals surface area contributed by atoms with Crippen LogP contribution in [0, 0.1) is 11.8 Å². The fourth-order valence-corrected chi connectivity index (χ4v) is 5.81. The SMILES string of the molecule is CC1(C)c2cc3nc(-c4ccc(C#Cc5cn([C@H]6C[C@H](O)[C@@H](CO)O6)c(=O)[nH]c5=O)cc4)[nH]c3cc2C(C)(C)N1[O]. The Labute approximate surface area is 235 Å². The first kappa shape index (κ1) is 27.1. The number of aromatic amines is 2. The van der Waals surface area contributed by atoms with Crippen molar-refractivity contribution in [3.63, 3.8) is 0 Å². The number of fused-ring (bicyclic) bond motifs is 2. The number of aromatic nitrogens is 4. The highest BCUT2D eigenvalue weighted by Gasteiger charge is 2.50. The van der Waals surface area contributed by atoms with Gasteiger partial charge in [-0.3, -0.25) is 14.3 Å². The molecule has 4 N–H and O–H groups in total. The van der Waals surface area contributed by atoms with Gasteiger partial charge < -0.3 is 19.9 Å². The van der Waals surface area contributed by atoms with Crippen LogP contribution < -0.4 is 11.2 Å². The van der Waals surface area contributed by atoms with Crippen molar-refractivity contribution in [1.82, 2.24) is 24.6 Å². The fraction of sp³-hybridized carbons (Fsp3) is 0.367. The third kappa shape index (κ3) is 4.41. The van der Waals surface area contributed by atoms with Crippen LogP contribution in [0.2, 0.25) is 0 Å². The molecule has 11 nitrogen and oxygen atoms in total. The first-order valence-corrected chi connectivity index (χ1v) is 13.3. The van der Waals surface area contributed by atoms with E-state index in [9.17, 15) is 25.0 Å². The highest BCUT2D eigenvalue weighted by molar-refractivity contribution is 5.82. The van der Waals surface area contributed by atoms with Gasteiger partial charge in [0.1, 0.15) is 23.7 Å². The lowest BCUT2D eigenvalue weighted by Gasteiger charge is -2.32. The normalized spacial score (nSPS) is 23.0. The van der Waals surface area contributed by atoms with Crippen LogP contribution in [0.15, 0.2) is 52.2 Å². The smallest absolute Gasteiger partial charge is 0.330 e. The zero-order chi connectivity index (χ0) is 29.3. The van der Waals surface area contributed by atoms with Crippen molar-refractivity contribution >= 4 is 11.0 Å². The predicted molar refractivity (Wildman–Crippen MR) is 149 cm³/mol. The molecule has 3 atom stereocenters. The molecule has 2 aliphatic rings. The molecule has 0 unspecified atom stereocenters. The van der Waals surface area contributed by atoms with Crippen molar-refractivity contribution in [3.8, 4) is 23.2 Å². The Bertz CT molecular complexity index is 1790. The molecule has 4 heterocycles. The van der Waals surface area contributed by atoms with E-state index >= 15 is 0 Å². The lowest BCUT2D eigenvalue weighted by atomic mass is 9.90. The molecule has 1 saturated heterocycles. The molecule has 0 aliphatic carbocycles. The van der Waals surface area contributed by atoms with Crippen LogP contribution in [-0.2, 0) is 21.0 Å². The quantitative estimate of drug-likeness (QED) is 0.282. The number of benzene rings is 2. The first-order valence-electron chi connectivity index (χ1n) is 13.3. The van der Waals surface area contributed by atoms with E-state index in [1.807, 2.05) is 64.1 Å². The number of aliphatic hydroxyl groups is 2. The van der Waals surface area contributed by atoms with Gasteiger partial charge in [0.2, 0.25) is 0 Å². The molecule has 4 aromatic rings. The highest BCUT2D eigenvalue weighted by Crippen LogP contribution is 2.49. The number of H-pyrrole nitrogens is 2. The van der Waals surface area contributed by atoms with Crippen molar-refractivity contribution in [2.24, 2.45) is 0 Å². The Morgan fingerprint density at radius 3 is 2.39 bits per heavy atom. The summed E-state index contributed by atoms with van der Waals surface area (Å²) in [5.41, 5.74) is 2.51. The summed E-state index contributed by atoms with van der Waals surface area (Å²) >= 11 is 0. The van der Waals surface area contributed by atoms with Gasteiger partial charge in [-0.2, -0.15) is 0 Å². The van der Waals surface area contributed by atoms with E-state index < -0.39 is 40.8 Å². The van der Waals surface area contributed by atoms with Gasteiger partial charge in [0.05, 0.1) is 34.8 Å². The van der Waals surface area contributed by atoms with E-state index in [1.165, 1.54) is 10.8 Å². The molecule has 41 heavy (non-hydrogen) atoms. The number of ether oxygens (including phenoxy) is 1. The van der Waals surface area contributed by atoms with Crippen molar-refractivity contribution in [2.75, 3.05) is 6.61 Å². The minimum absolute atomic E-state index is 0.0621. The van der Waals surface area contributed by atoms with Gasteiger partial charge >= 0.3 is 5.69 Å². The predicted octanol–water partition coefficient (Wildman–Crippen LogP) is 2.25. The second-order valence-corrected chi connectivity index (χ2v) is 11.6. The summed E-state index contributed by atoms with van der Waals surface area (Å²) in [6.07, 6.45) is -1.15. The number of nitrogens with zero attached hydrogens (tertiary/aromatic N) is 3. The first-order chi connectivity index (χ1) is 19.4. The number of rotatable bonds is 3. The van der Waals surface area contributed by atoms with E-state index in [4.69, 9.17) is 9.72 Å². The van der Waals surface area contributed by atoms with Crippen molar-refractivity contribution < 1.29 is 20.2 Å². The molecular formula is C30H30N5O6. The Morgan fingerprint density at radius 1 is 1.05 bits per heavy atom. The lowest BCUT2D eigenvalue weighted by molar-refractivity contribution is -0.266. The summed E-state index contributed by atoms with van der Waals surface area (Å²) in [7, 11) is 0. The Hall–Kier alpha value is -4.05. The summed E-state index contributed by atoms with van der Waals surface area (Å²) in [4.78, 5) is 35.1. The molecule has 0 saturated carbocycles. The largest absolute Gasteiger partial charge is 0.394 e. The van der Waals surface area contributed by atoms with Crippen molar-refractivity contribution in [1.29, 1.82) is 0 Å². The Balaban J connectivity index is 1.27. The third-order valence-electron chi connectivity index (χ3n) is 8.12. The molecule has 2 aromatic carbocycles. The fourth-order valence-electron chi connectivity index (χ4n) is 5.81. The Kier molecular flexibility index (Phi) is 6.29. The van der Waals surface area contributed by atoms with Gasteiger partial charge in [0, 0.05) is 23.7 Å². The van der Waals surface area contributed by atoms with Crippen LogP contribution in [0.1, 0.15) is 62.6 Å². The summed E-state index contributed by atoms with van der Waals surface area (Å²) < 4.78 is 6.71. The second kappa shape index (κ2) is 9.51. The molecular weight excluding hydrogens is 526 g/mol. The third-order valence-corrected chi connectivity index (χ3v) is 8.12. The number of imidazole rings is 1. The highest BCUT2D eigenvalue weighted by atomic mass is 16.5. The average Bonchev–Trinajstić information content (AvgIpc) is 3.57. The number of aliphatic hydroxyl groups excluding tert-OH is 2. The molecule has 1 radical (unpaired) electrons. The second-order valence-electron chi connectivity index (χ2n) is 11.6. The molecule has 0 bridgehead atoms. The topological polar surface area (TPSA) is 156 Å². The van der Waals surface area contributed by atoms with E-state index in [1.54, 1.807) is 0 Å². The standard InChI is InChI=1S/C30H30N5O6/c1-29(2)19-11-21-22(12-20(19)30(3,4)35(29)40)32-26(31-21)17-8-5-16(6-9-17)7-10-18-14-34(28(39)33-27(18)38)25-13-23(37)24(15-36)41-25/h5-6,8-9,11-12,14,23-25,36-37H,13,15H2,1-4H3,(H,31,32)(H,33,38,39)/t23-,24+,25+/m0/s1. The molecule has 0 amide bonds. The van der Waals surface area contributed by atoms with Gasteiger partial charge in [-0.05, 0) is 63.1 Å². The average molecular weight is 557 g/mol. The Morgan fingerprint density at radius 2 is 1.73 bits per heavy atom.